The van der Waals surface area contributed by atoms with E-state index in [0.717, 1.165) is 5.69 Å². The molecule has 0 aliphatic carbocycles. The molecule has 0 unspecified atom stereocenters. The van der Waals surface area contributed by atoms with Gasteiger partial charge in [-0.05, 0) is 19.1 Å². The van der Waals surface area contributed by atoms with E-state index < -0.39 is 0 Å². The molecule has 0 saturated carbocycles. The molecule has 0 bridgehead atoms. The molecule has 0 aliphatic heterocycles. The van der Waals surface area contributed by atoms with Gasteiger partial charge in [0.2, 0.25) is 5.95 Å². The minimum atomic E-state index is -0.214. The number of rotatable bonds is 2. The van der Waals surface area contributed by atoms with Crippen LogP contribution in [0.15, 0.2) is 30.6 Å². The van der Waals surface area contributed by atoms with Crippen LogP contribution in [0.25, 0.3) is 0 Å². The number of hydrogen-bond donors (Lipinski definition) is 1. The highest BCUT2D eigenvalue weighted by Gasteiger charge is 2.05. The minimum absolute atomic E-state index is 0.214. The molecule has 78 valence electrons. The summed E-state index contributed by atoms with van der Waals surface area (Å²) in [5.41, 5.74) is 1.34. The summed E-state index contributed by atoms with van der Waals surface area (Å²) < 4.78 is 15.1. The average Bonchev–Trinajstić information content (AvgIpc) is 2.60. The fourth-order valence-corrected chi connectivity index (χ4v) is 1.35. The molecule has 0 spiro atoms. The van der Waals surface area contributed by atoms with Gasteiger partial charge in [-0.15, -0.1) is 0 Å². The van der Waals surface area contributed by atoms with Crippen LogP contribution in [0.4, 0.5) is 16.0 Å². The first-order chi connectivity index (χ1) is 7.18. The van der Waals surface area contributed by atoms with E-state index in [1.807, 2.05) is 23.9 Å². The third-order valence-corrected chi connectivity index (χ3v) is 2.34. The fraction of sp³-hybridized carbons (Fsp3) is 0.182. The van der Waals surface area contributed by atoms with Gasteiger partial charge in [0, 0.05) is 30.7 Å². The number of aromatic nitrogens is 2. The Morgan fingerprint density at radius 2 is 2.20 bits per heavy atom. The molecule has 1 N–H and O–H groups in total. The van der Waals surface area contributed by atoms with E-state index in [1.165, 1.54) is 6.07 Å². The zero-order valence-electron chi connectivity index (χ0n) is 8.66. The van der Waals surface area contributed by atoms with Crippen molar-refractivity contribution in [2.45, 2.75) is 6.92 Å². The van der Waals surface area contributed by atoms with E-state index in [0.29, 0.717) is 11.5 Å². The third kappa shape index (κ3) is 1.83. The topological polar surface area (TPSA) is 29.9 Å². The number of aryl methyl sites for hydroxylation is 1. The molecule has 1 heterocycles. The van der Waals surface area contributed by atoms with Gasteiger partial charge in [-0.2, -0.15) is 0 Å². The molecule has 0 radical (unpaired) electrons. The quantitative estimate of drug-likeness (QED) is 0.816. The predicted molar refractivity (Wildman–Crippen MR) is 57.6 cm³/mol. The number of anilines is 2. The zero-order valence-corrected chi connectivity index (χ0v) is 8.66. The first-order valence-electron chi connectivity index (χ1n) is 4.68. The van der Waals surface area contributed by atoms with Crippen molar-refractivity contribution in [3.05, 3.63) is 42.0 Å². The van der Waals surface area contributed by atoms with E-state index in [-0.39, 0.29) is 5.82 Å². The van der Waals surface area contributed by atoms with E-state index >= 15 is 0 Å². The van der Waals surface area contributed by atoms with Gasteiger partial charge in [-0.1, -0.05) is 6.07 Å². The number of hydrogen-bond acceptors (Lipinski definition) is 2. The fourth-order valence-electron chi connectivity index (χ4n) is 1.35. The maximum Gasteiger partial charge on any atom is 0.207 e. The highest BCUT2D eigenvalue weighted by molar-refractivity contribution is 5.58. The molecule has 0 amide bonds. The normalized spacial score (nSPS) is 10.3. The standard InChI is InChI=1S/C11H12FN3/c1-8-9(12)4-3-5-10(8)14-11-13-6-7-15(11)2/h3-7H,1-2H3,(H,13,14). The van der Waals surface area contributed by atoms with Crippen molar-refractivity contribution in [3.63, 3.8) is 0 Å². The molecule has 0 atom stereocenters. The summed E-state index contributed by atoms with van der Waals surface area (Å²) in [6, 6.07) is 4.94. The van der Waals surface area contributed by atoms with Crippen LogP contribution < -0.4 is 5.32 Å². The van der Waals surface area contributed by atoms with E-state index in [1.54, 1.807) is 19.2 Å². The van der Waals surface area contributed by atoms with E-state index in [9.17, 15) is 4.39 Å². The Balaban J connectivity index is 2.33. The Hall–Kier alpha value is -1.84. The minimum Gasteiger partial charge on any atom is -0.325 e. The Kier molecular flexibility index (Phi) is 2.41. The molecule has 2 rings (SSSR count). The highest BCUT2D eigenvalue weighted by atomic mass is 19.1. The van der Waals surface area contributed by atoms with Crippen LogP contribution in [0.5, 0.6) is 0 Å². The lowest BCUT2D eigenvalue weighted by atomic mass is 10.2. The second kappa shape index (κ2) is 3.73. The molecular weight excluding hydrogens is 193 g/mol. The molecule has 0 saturated heterocycles. The summed E-state index contributed by atoms with van der Waals surface area (Å²) >= 11 is 0. The number of imidazole rings is 1. The van der Waals surface area contributed by atoms with Gasteiger partial charge in [-0.3, -0.25) is 0 Å². The van der Waals surface area contributed by atoms with Gasteiger partial charge in [0.25, 0.3) is 0 Å². The average molecular weight is 205 g/mol. The van der Waals surface area contributed by atoms with Crippen LogP contribution >= 0.6 is 0 Å². The van der Waals surface area contributed by atoms with Crippen LogP contribution in [-0.4, -0.2) is 9.55 Å². The molecule has 0 fully saturated rings. The van der Waals surface area contributed by atoms with E-state index in [4.69, 9.17) is 0 Å². The number of nitrogens with one attached hydrogen (secondary N) is 1. The lowest BCUT2D eigenvalue weighted by Gasteiger charge is -2.09. The van der Waals surface area contributed by atoms with Gasteiger partial charge in [-0.25, -0.2) is 9.37 Å². The lowest BCUT2D eigenvalue weighted by Crippen LogP contribution is -2.00. The monoisotopic (exact) mass is 205 g/mol. The van der Waals surface area contributed by atoms with Crippen LogP contribution in [-0.2, 0) is 7.05 Å². The van der Waals surface area contributed by atoms with Crippen LogP contribution in [0.2, 0.25) is 0 Å². The third-order valence-electron chi connectivity index (χ3n) is 2.34. The summed E-state index contributed by atoms with van der Waals surface area (Å²) in [6.07, 6.45) is 3.52. The number of benzene rings is 1. The van der Waals surface area contributed by atoms with Crippen molar-refractivity contribution in [2.24, 2.45) is 7.05 Å². The predicted octanol–water partition coefficient (Wildman–Crippen LogP) is 2.61. The molecule has 15 heavy (non-hydrogen) atoms. The summed E-state index contributed by atoms with van der Waals surface area (Å²) in [7, 11) is 1.88. The van der Waals surface area contributed by atoms with Crippen molar-refractivity contribution < 1.29 is 4.39 Å². The van der Waals surface area contributed by atoms with Crippen molar-refractivity contribution >= 4 is 11.6 Å². The van der Waals surface area contributed by atoms with Gasteiger partial charge in [0.1, 0.15) is 5.82 Å². The molecule has 2 aromatic rings. The second-order valence-electron chi connectivity index (χ2n) is 3.40. The SMILES string of the molecule is Cc1c(F)cccc1Nc1nccn1C. The lowest BCUT2D eigenvalue weighted by molar-refractivity contribution is 0.619. The van der Waals surface area contributed by atoms with Crippen molar-refractivity contribution in [2.75, 3.05) is 5.32 Å². The first kappa shape index (κ1) is 9.71. The summed E-state index contributed by atoms with van der Waals surface area (Å²) in [6.45, 7) is 1.74. The van der Waals surface area contributed by atoms with Crippen LogP contribution in [0.1, 0.15) is 5.56 Å². The summed E-state index contributed by atoms with van der Waals surface area (Å²) in [5, 5.41) is 3.07. The van der Waals surface area contributed by atoms with Crippen molar-refractivity contribution in [1.82, 2.24) is 9.55 Å². The van der Waals surface area contributed by atoms with Gasteiger partial charge >= 0.3 is 0 Å². The van der Waals surface area contributed by atoms with Crippen molar-refractivity contribution in [3.8, 4) is 0 Å². The molecule has 4 heteroatoms. The maximum absolute atomic E-state index is 13.2. The Morgan fingerprint density at radius 3 is 2.87 bits per heavy atom. The molecule has 3 nitrogen and oxygen atoms in total. The first-order valence-corrected chi connectivity index (χ1v) is 4.68. The zero-order chi connectivity index (χ0) is 10.8. The van der Waals surface area contributed by atoms with Crippen LogP contribution in [0.3, 0.4) is 0 Å². The van der Waals surface area contributed by atoms with Gasteiger partial charge in [0.15, 0.2) is 0 Å². The largest absolute Gasteiger partial charge is 0.325 e. The summed E-state index contributed by atoms with van der Waals surface area (Å²) in [5.74, 6) is 0.484. The second-order valence-corrected chi connectivity index (χ2v) is 3.40. The number of halogens is 1. The maximum atomic E-state index is 13.2. The highest BCUT2D eigenvalue weighted by Crippen LogP contribution is 2.20. The van der Waals surface area contributed by atoms with E-state index in [2.05, 4.69) is 10.3 Å². The van der Waals surface area contributed by atoms with Gasteiger partial charge < -0.3 is 9.88 Å². The van der Waals surface area contributed by atoms with Crippen LogP contribution in [0, 0.1) is 12.7 Å². The molecule has 0 aliphatic rings. The molecular formula is C11H12FN3. The molecule has 1 aromatic carbocycles. The summed E-state index contributed by atoms with van der Waals surface area (Å²) in [4.78, 5) is 4.11. The Morgan fingerprint density at radius 1 is 1.40 bits per heavy atom. The number of nitrogens with zero attached hydrogens (tertiary/aromatic N) is 2. The smallest absolute Gasteiger partial charge is 0.207 e. The molecule has 1 aromatic heterocycles. The Bertz CT molecular complexity index is 476. The van der Waals surface area contributed by atoms with Crippen molar-refractivity contribution in [1.29, 1.82) is 0 Å². The Labute approximate surface area is 87.6 Å². The van der Waals surface area contributed by atoms with Gasteiger partial charge in [0.05, 0.1) is 0 Å².